The molecule has 0 heterocycles. The van der Waals surface area contributed by atoms with Gasteiger partial charge in [-0.1, -0.05) is 33.1 Å². The highest BCUT2D eigenvalue weighted by molar-refractivity contribution is 4.45. The van der Waals surface area contributed by atoms with Gasteiger partial charge in [-0.3, -0.25) is 0 Å². The summed E-state index contributed by atoms with van der Waals surface area (Å²) in [6.45, 7) is 4.55. The summed E-state index contributed by atoms with van der Waals surface area (Å²) < 4.78 is 0. The molecule has 0 aromatic rings. The molecule has 0 rings (SSSR count). The lowest BCUT2D eigenvalue weighted by molar-refractivity contribution is 0.185. The van der Waals surface area contributed by atoms with Crippen LogP contribution in [0.5, 0.6) is 0 Å². The molecule has 0 aromatic carbocycles. The predicted octanol–water partition coefficient (Wildman–Crippen LogP) is 2.63. The Hall–Kier alpha value is -0.0400. The van der Waals surface area contributed by atoms with E-state index in [0.717, 1.165) is 18.8 Å². The molecule has 0 saturated heterocycles. The van der Waals surface area contributed by atoms with Crippen LogP contribution in [0.15, 0.2) is 0 Å². The molecule has 0 unspecified atom stereocenters. The zero-order valence-corrected chi connectivity index (χ0v) is 6.52. The van der Waals surface area contributed by atoms with Gasteiger partial charge in [0.25, 0.3) is 0 Å². The van der Waals surface area contributed by atoms with E-state index < -0.39 is 0 Å². The van der Waals surface area contributed by atoms with Gasteiger partial charge in [0.1, 0.15) is 0 Å². The minimum absolute atomic E-state index is 0.109. The third-order valence-corrected chi connectivity index (χ3v) is 1.43. The van der Waals surface area contributed by atoms with Crippen molar-refractivity contribution in [2.75, 3.05) is 6.61 Å². The predicted molar refractivity (Wildman–Crippen MR) is 38.9 cm³/mol. The minimum Gasteiger partial charge on any atom is -0.237 e. The van der Waals surface area contributed by atoms with Crippen molar-refractivity contribution in [2.24, 2.45) is 5.92 Å². The first-order valence-corrected chi connectivity index (χ1v) is 3.85. The average Bonchev–Trinajstić information content (AvgIpc) is 1.80. The average molecular weight is 129 g/mol. The third kappa shape index (κ3) is 7.96. The topological polar surface area (TPSA) is 19.9 Å². The summed E-state index contributed by atoms with van der Waals surface area (Å²) in [7, 11) is 0. The smallest absolute Gasteiger partial charge is 0.0822 e. The van der Waals surface area contributed by atoms with Crippen LogP contribution in [0.4, 0.5) is 0 Å². The van der Waals surface area contributed by atoms with Gasteiger partial charge in [-0.15, -0.1) is 0 Å². The van der Waals surface area contributed by atoms with Crippen molar-refractivity contribution < 1.29 is 5.11 Å². The largest absolute Gasteiger partial charge is 0.237 e. The summed E-state index contributed by atoms with van der Waals surface area (Å²) in [6, 6.07) is 0. The molecule has 0 fully saturated rings. The molecule has 9 heavy (non-hydrogen) atoms. The Balaban J connectivity index is 2.75. The molecule has 0 N–H and O–H groups in total. The monoisotopic (exact) mass is 129 g/mol. The quantitative estimate of drug-likeness (QED) is 0.508. The van der Waals surface area contributed by atoms with Crippen molar-refractivity contribution in [3.8, 4) is 0 Å². The summed E-state index contributed by atoms with van der Waals surface area (Å²) in [6.07, 6.45) is 4.51. The van der Waals surface area contributed by atoms with Gasteiger partial charge in [0.05, 0.1) is 6.61 Å². The Morgan fingerprint density at radius 2 is 1.78 bits per heavy atom. The van der Waals surface area contributed by atoms with Gasteiger partial charge < -0.3 is 0 Å². The summed E-state index contributed by atoms with van der Waals surface area (Å²) in [5.41, 5.74) is 0. The molecular formula is C8H17O. The van der Waals surface area contributed by atoms with E-state index in [1.807, 2.05) is 0 Å². The fourth-order valence-corrected chi connectivity index (χ4v) is 0.831. The lowest BCUT2D eigenvalue weighted by Gasteiger charge is -2.01. The van der Waals surface area contributed by atoms with E-state index in [1.54, 1.807) is 0 Å². The number of unbranched alkanes of at least 4 members (excludes halogenated alkanes) is 2. The zero-order chi connectivity index (χ0) is 7.11. The Labute approximate surface area is 58.1 Å². The Morgan fingerprint density at radius 1 is 1.11 bits per heavy atom. The van der Waals surface area contributed by atoms with Crippen molar-refractivity contribution in [1.82, 2.24) is 0 Å². The molecule has 1 nitrogen and oxygen atoms in total. The second-order valence-electron chi connectivity index (χ2n) is 2.95. The molecular weight excluding hydrogens is 112 g/mol. The Morgan fingerprint density at radius 3 is 2.22 bits per heavy atom. The molecule has 0 aliphatic rings. The molecule has 1 radical (unpaired) electrons. The van der Waals surface area contributed by atoms with Gasteiger partial charge in [-0.2, -0.15) is 0 Å². The van der Waals surface area contributed by atoms with Crippen molar-refractivity contribution >= 4 is 0 Å². The molecule has 0 atom stereocenters. The van der Waals surface area contributed by atoms with Gasteiger partial charge >= 0.3 is 0 Å². The van der Waals surface area contributed by atoms with Crippen LogP contribution in [0.1, 0.15) is 39.5 Å². The van der Waals surface area contributed by atoms with Gasteiger partial charge in [0.2, 0.25) is 0 Å². The molecule has 1 heteroatoms. The maximum Gasteiger partial charge on any atom is 0.0822 e. The lowest BCUT2D eigenvalue weighted by atomic mass is 10.1. The second-order valence-corrected chi connectivity index (χ2v) is 2.95. The molecule has 0 amide bonds. The van der Waals surface area contributed by atoms with Crippen LogP contribution >= 0.6 is 0 Å². The van der Waals surface area contributed by atoms with Gasteiger partial charge in [0.15, 0.2) is 0 Å². The second kappa shape index (κ2) is 6.09. The van der Waals surface area contributed by atoms with Gasteiger partial charge in [-0.25, -0.2) is 5.11 Å². The summed E-state index contributed by atoms with van der Waals surface area (Å²) >= 11 is 0. The SMILES string of the molecule is CC(C)CCCCC[O]. The highest BCUT2D eigenvalue weighted by Crippen LogP contribution is 2.07. The summed E-state index contributed by atoms with van der Waals surface area (Å²) in [4.78, 5) is 0. The first-order chi connectivity index (χ1) is 4.27. The van der Waals surface area contributed by atoms with Crippen molar-refractivity contribution in [1.29, 1.82) is 0 Å². The third-order valence-electron chi connectivity index (χ3n) is 1.43. The summed E-state index contributed by atoms with van der Waals surface area (Å²) in [5, 5.41) is 9.97. The highest BCUT2D eigenvalue weighted by Gasteiger charge is 1.92. The molecule has 0 bridgehead atoms. The standard InChI is InChI=1S/C8H17O/c1-8(2)6-4-3-5-7-9/h8H,3-7H2,1-2H3. The van der Waals surface area contributed by atoms with E-state index in [-0.39, 0.29) is 6.61 Å². The fourth-order valence-electron chi connectivity index (χ4n) is 0.831. The molecule has 0 aromatic heterocycles. The van der Waals surface area contributed by atoms with Crippen LogP contribution in [0.3, 0.4) is 0 Å². The van der Waals surface area contributed by atoms with Crippen LogP contribution in [-0.2, 0) is 5.11 Å². The number of rotatable bonds is 5. The fraction of sp³-hybridized carbons (Fsp3) is 1.00. The lowest BCUT2D eigenvalue weighted by Crippen LogP contribution is -1.87. The van der Waals surface area contributed by atoms with Crippen molar-refractivity contribution in [3.63, 3.8) is 0 Å². The normalized spacial score (nSPS) is 10.7. The zero-order valence-electron chi connectivity index (χ0n) is 6.52. The Kier molecular flexibility index (Phi) is 6.06. The van der Waals surface area contributed by atoms with Crippen molar-refractivity contribution in [2.45, 2.75) is 39.5 Å². The molecule has 0 spiro atoms. The highest BCUT2D eigenvalue weighted by atomic mass is 16.2. The number of hydrogen-bond donors (Lipinski definition) is 0. The van der Waals surface area contributed by atoms with E-state index in [4.69, 9.17) is 0 Å². The van der Waals surface area contributed by atoms with Crippen LogP contribution in [-0.4, -0.2) is 6.61 Å². The maximum absolute atomic E-state index is 9.97. The molecule has 0 aliphatic heterocycles. The van der Waals surface area contributed by atoms with Crippen LogP contribution in [0.2, 0.25) is 0 Å². The van der Waals surface area contributed by atoms with Gasteiger partial charge in [0, 0.05) is 0 Å². The van der Waals surface area contributed by atoms with Crippen LogP contribution in [0, 0.1) is 5.92 Å². The first kappa shape index (κ1) is 8.96. The Bertz CT molecular complexity index is 50.5. The van der Waals surface area contributed by atoms with E-state index in [2.05, 4.69) is 13.8 Å². The van der Waals surface area contributed by atoms with E-state index in [0.29, 0.717) is 0 Å². The van der Waals surface area contributed by atoms with E-state index in [1.165, 1.54) is 12.8 Å². The molecule has 0 aliphatic carbocycles. The van der Waals surface area contributed by atoms with E-state index in [9.17, 15) is 5.11 Å². The van der Waals surface area contributed by atoms with Gasteiger partial charge in [-0.05, 0) is 12.3 Å². The number of hydrogen-bond acceptors (Lipinski definition) is 0. The first-order valence-electron chi connectivity index (χ1n) is 3.85. The minimum atomic E-state index is 0.109. The molecule has 55 valence electrons. The summed E-state index contributed by atoms with van der Waals surface area (Å²) in [5.74, 6) is 0.802. The van der Waals surface area contributed by atoms with Crippen LogP contribution in [0.25, 0.3) is 0 Å². The van der Waals surface area contributed by atoms with E-state index >= 15 is 0 Å². The molecule has 0 saturated carbocycles. The van der Waals surface area contributed by atoms with Crippen LogP contribution < -0.4 is 0 Å². The van der Waals surface area contributed by atoms with Crippen molar-refractivity contribution in [3.05, 3.63) is 0 Å². The maximum atomic E-state index is 9.97.